The Balaban J connectivity index is 1.92. The summed E-state index contributed by atoms with van der Waals surface area (Å²) in [7, 11) is 0. The lowest BCUT2D eigenvalue weighted by Crippen LogP contribution is -2.44. The third kappa shape index (κ3) is 3.53. The summed E-state index contributed by atoms with van der Waals surface area (Å²) < 4.78 is 1.81. The monoisotopic (exact) mass is 392 g/mol. The number of fused-ring (bicyclic) bond motifs is 2. The molecule has 3 N–H and O–H groups in total. The van der Waals surface area contributed by atoms with Crippen LogP contribution in [0.1, 0.15) is 36.8 Å². The third-order valence-corrected chi connectivity index (χ3v) is 4.94. The van der Waals surface area contributed by atoms with Crippen molar-refractivity contribution in [3.63, 3.8) is 0 Å². The van der Waals surface area contributed by atoms with E-state index in [9.17, 15) is 9.59 Å². The molecule has 0 radical (unpaired) electrons. The molecule has 0 spiro atoms. The number of nitrogens with zero attached hydrogens (tertiary/aromatic N) is 4. The fourth-order valence-electron chi connectivity index (χ4n) is 3.67. The number of urea groups is 1. The molecule has 29 heavy (non-hydrogen) atoms. The van der Waals surface area contributed by atoms with Crippen molar-refractivity contribution in [2.45, 2.75) is 39.4 Å². The Morgan fingerprint density at radius 1 is 1.17 bits per heavy atom. The lowest BCUT2D eigenvalue weighted by atomic mass is 9.98. The summed E-state index contributed by atoms with van der Waals surface area (Å²) in [5.41, 5.74) is 7.72. The summed E-state index contributed by atoms with van der Waals surface area (Å²) in [4.78, 5) is 30.7. The van der Waals surface area contributed by atoms with Crippen molar-refractivity contribution >= 4 is 22.7 Å². The van der Waals surface area contributed by atoms with Crippen molar-refractivity contribution in [2.24, 2.45) is 5.73 Å². The number of amides is 3. The van der Waals surface area contributed by atoms with E-state index in [1.165, 1.54) is 4.90 Å². The van der Waals surface area contributed by atoms with E-state index in [1.807, 2.05) is 49.7 Å². The van der Waals surface area contributed by atoms with Crippen LogP contribution in [0.3, 0.4) is 0 Å². The van der Waals surface area contributed by atoms with Crippen LogP contribution >= 0.6 is 0 Å². The van der Waals surface area contributed by atoms with Crippen molar-refractivity contribution in [2.75, 3.05) is 6.54 Å². The Morgan fingerprint density at radius 2 is 1.97 bits per heavy atom. The smallest absolute Gasteiger partial charge is 0.315 e. The molecule has 0 unspecified atom stereocenters. The predicted octanol–water partition coefficient (Wildman–Crippen LogP) is 2.52. The molecule has 2 aromatic heterocycles. The zero-order chi connectivity index (χ0) is 20.8. The van der Waals surface area contributed by atoms with Gasteiger partial charge in [0.25, 0.3) is 5.91 Å². The topological polar surface area (TPSA) is 106 Å². The molecule has 3 amide bonds. The van der Waals surface area contributed by atoms with E-state index in [2.05, 4.69) is 10.3 Å². The Labute approximate surface area is 168 Å². The van der Waals surface area contributed by atoms with Gasteiger partial charge in [0.15, 0.2) is 0 Å². The van der Waals surface area contributed by atoms with Gasteiger partial charge in [-0.15, -0.1) is 0 Å². The quantitative estimate of drug-likeness (QED) is 0.699. The molecular weight excluding hydrogens is 368 g/mol. The van der Waals surface area contributed by atoms with Gasteiger partial charge in [0, 0.05) is 35.4 Å². The van der Waals surface area contributed by atoms with Crippen LogP contribution in [-0.2, 0) is 13.1 Å². The molecule has 3 heterocycles. The molecule has 0 fully saturated rings. The number of benzene rings is 1. The average molecular weight is 392 g/mol. The molecular formula is C21H24N6O2. The second-order valence-corrected chi connectivity index (χ2v) is 8.26. The number of nitrogens with two attached hydrogens (primary N) is 1. The number of rotatable bonds is 2. The number of hydrogen-bond acceptors (Lipinski definition) is 4. The van der Waals surface area contributed by atoms with E-state index in [4.69, 9.17) is 10.8 Å². The van der Waals surface area contributed by atoms with Gasteiger partial charge in [0.1, 0.15) is 5.69 Å². The highest BCUT2D eigenvalue weighted by molar-refractivity contribution is 6.06. The summed E-state index contributed by atoms with van der Waals surface area (Å²) >= 11 is 0. The number of carbonyl (C=O) groups excluding carboxylic acids is 2. The van der Waals surface area contributed by atoms with Gasteiger partial charge in [-0.3, -0.25) is 14.5 Å². The highest BCUT2D eigenvalue weighted by Gasteiger charge is 2.31. The van der Waals surface area contributed by atoms with Crippen LogP contribution in [0, 0.1) is 0 Å². The van der Waals surface area contributed by atoms with Gasteiger partial charge in [0.05, 0.1) is 24.3 Å². The largest absolute Gasteiger partial charge is 0.351 e. The molecule has 1 aliphatic rings. The number of pyridine rings is 1. The zero-order valence-electron chi connectivity index (χ0n) is 16.8. The summed E-state index contributed by atoms with van der Waals surface area (Å²) in [6.45, 7) is 6.99. The molecule has 3 aromatic rings. The minimum atomic E-state index is -0.502. The minimum Gasteiger partial charge on any atom is -0.351 e. The normalized spacial score (nSPS) is 14.0. The first-order chi connectivity index (χ1) is 13.7. The molecule has 8 nitrogen and oxygen atoms in total. The SMILES string of the molecule is CC(C)(C)NC(=O)c1c(-c2cccc3cnccc23)nn2c1CN(C(N)=O)CC2. The molecule has 1 aliphatic heterocycles. The Kier molecular flexibility index (Phi) is 4.49. The Hall–Kier alpha value is -3.42. The molecule has 0 saturated carbocycles. The first-order valence-corrected chi connectivity index (χ1v) is 9.54. The Bertz CT molecular complexity index is 1110. The molecule has 1 aromatic carbocycles. The highest BCUT2D eigenvalue weighted by Crippen LogP contribution is 2.33. The summed E-state index contributed by atoms with van der Waals surface area (Å²) in [6, 6.07) is 7.28. The van der Waals surface area contributed by atoms with E-state index >= 15 is 0 Å². The van der Waals surface area contributed by atoms with Crippen LogP contribution in [0.15, 0.2) is 36.7 Å². The van der Waals surface area contributed by atoms with Gasteiger partial charge in [-0.1, -0.05) is 18.2 Å². The second kappa shape index (κ2) is 6.88. The van der Waals surface area contributed by atoms with Gasteiger partial charge in [-0.05, 0) is 32.2 Å². The van der Waals surface area contributed by atoms with Gasteiger partial charge in [-0.2, -0.15) is 5.10 Å². The van der Waals surface area contributed by atoms with Gasteiger partial charge >= 0.3 is 6.03 Å². The predicted molar refractivity (Wildman–Crippen MR) is 110 cm³/mol. The van der Waals surface area contributed by atoms with Crippen LogP contribution in [-0.4, -0.2) is 43.7 Å². The number of nitrogens with one attached hydrogen (secondary N) is 1. The Morgan fingerprint density at radius 3 is 2.69 bits per heavy atom. The molecule has 0 saturated heterocycles. The minimum absolute atomic E-state index is 0.217. The third-order valence-electron chi connectivity index (χ3n) is 4.94. The van der Waals surface area contributed by atoms with Crippen molar-refractivity contribution in [3.8, 4) is 11.3 Å². The van der Waals surface area contributed by atoms with Crippen molar-refractivity contribution in [1.29, 1.82) is 0 Å². The zero-order valence-corrected chi connectivity index (χ0v) is 16.8. The van der Waals surface area contributed by atoms with E-state index in [0.717, 1.165) is 16.3 Å². The van der Waals surface area contributed by atoms with Crippen molar-refractivity contribution in [1.82, 2.24) is 25.0 Å². The van der Waals surface area contributed by atoms with Gasteiger partial charge in [-0.25, -0.2) is 4.79 Å². The molecule has 150 valence electrons. The lowest BCUT2D eigenvalue weighted by Gasteiger charge is -2.27. The van der Waals surface area contributed by atoms with Crippen LogP contribution < -0.4 is 11.1 Å². The molecule has 0 bridgehead atoms. The average Bonchev–Trinajstić information content (AvgIpc) is 3.04. The number of aromatic nitrogens is 3. The maximum Gasteiger partial charge on any atom is 0.315 e. The van der Waals surface area contributed by atoms with E-state index in [-0.39, 0.29) is 12.5 Å². The number of hydrogen-bond donors (Lipinski definition) is 2. The molecule has 0 aliphatic carbocycles. The maximum atomic E-state index is 13.3. The maximum absolute atomic E-state index is 13.3. The van der Waals surface area contributed by atoms with Gasteiger partial charge < -0.3 is 16.0 Å². The van der Waals surface area contributed by atoms with Gasteiger partial charge in [0.2, 0.25) is 0 Å². The summed E-state index contributed by atoms with van der Waals surface area (Å²) in [6.07, 6.45) is 3.52. The van der Waals surface area contributed by atoms with Crippen LogP contribution in [0.25, 0.3) is 22.0 Å². The summed E-state index contributed by atoms with van der Waals surface area (Å²) in [5, 5.41) is 9.74. The first kappa shape index (κ1) is 18.9. The fourth-order valence-corrected chi connectivity index (χ4v) is 3.67. The van der Waals surface area contributed by atoms with Crippen molar-refractivity contribution < 1.29 is 9.59 Å². The van der Waals surface area contributed by atoms with E-state index in [0.29, 0.717) is 30.0 Å². The molecule has 0 atom stereocenters. The number of primary amides is 1. The van der Waals surface area contributed by atoms with Crippen LogP contribution in [0.2, 0.25) is 0 Å². The fraction of sp³-hybridized carbons (Fsp3) is 0.333. The molecule has 4 rings (SSSR count). The first-order valence-electron chi connectivity index (χ1n) is 9.54. The standard InChI is InChI=1S/C21H24N6O2/c1-21(2,3)24-19(28)17-16-12-26(20(22)29)9-10-27(16)25-18(17)15-6-4-5-13-11-23-8-7-14(13)15/h4-8,11H,9-10,12H2,1-3H3,(H2,22,29)(H,24,28). The van der Waals surface area contributed by atoms with Crippen LogP contribution in [0.5, 0.6) is 0 Å². The van der Waals surface area contributed by atoms with Crippen LogP contribution in [0.4, 0.5) is 4.79 Å². The number of carbonyl (C=O) groups is 2. The van der Waals surface area contributed by atoms with Crippen molar-refractivity contribution in [3.05, 3.63) is 47.9 Å². The lowest BCUT2D eigenvalue weighted by molar-refractivity contribution is 0.0916. The second-order valence-electron chi connectivity index (χ2n) is 8.26. The highest BCUT2D eigenvalue weighted by atomic mass is 16.2. The van der Waals surface area contributed by atoms with E-state index in [1.54, 1.807) is 12.4 Å². The molecule has 8 heteroatoms. The summed E-state index contributed by atoms with van der Waals surface area (Å²) in [5.74, 6) is -0.217. The van der Waals surface area contributed by atoms with E-state index < -0.39 is 11.6 Å².